The molecule has 1 saturated heterocycles. The first-order valence-corrected chi connectivity index (χ1v) is 7.24. The third-order valence-electron chi connectivity index (χ3n) is 4.05. The highest BCUT2D eigenvalue weighted by Crippen LogP contribution is 2.16. The standard InChI is InChI=1S/C15H26N4/c1-5-18(4)15-7-6-14(10-17-15)11-19-12(2)8-16-9-13(19)3/h6-7,10,12-13,16H,5,8-9,11H2,1-4H3/t12-,13+. The summed E-state index contributed by atoms with van der Waals surface area (Å²) in [7, 11) is 2.07. The van der Waals surface area contributed by atoms with Crippen LogP contribution in [-0.2, 0) is 6.54 Å². The van der Waals surface area contributed by atoms with Gasteiger partial charge in [-0.1, -0.05) is 6.07 Å². The average Bonchev–Trinajstić information content (AvgIpc) is 2.43. The lowest BCUT2D eigenvalue weighted by atomic mass is 10.1. The van der Waals surface area contributed by atoms with Gasteiger partial charge in [-0.2, -0.15) is 0 Å². The van der Waals surface area contributed by atoms with Crippen molar-refractivity contribution in [1.29, 1.82) is 0 Å². The molecule has 1 aromatic heterocycles. The van der Waals surface area contributed by atoms with Crippen LogP contribution < -0.4 is 10.2 Å². The SMILES string of the molecule is CCN(C)c1ccc(CN2[C@H](C)CNC[C@@H]2C)cn1. The van der Waals surface area contributed by atoms with E-state index in [9.17, 15) is 0 Å². The van der Waals surface area contributed by atoms with Gasteiger partial charge in [0.1, 0.15) is 5.82 Å². The number of piperazine rings is 1. The lowest BCUT2D eigenvalue weighted by Crippen LogP contribution is -2.54. The molecule has 1 aromatic rings. The van der Waals surface area contributed by atoms with Crippen LogP contribution in [0.1, 0.15) is 26.3 Å². The zero-order valence-corrected chi connectivity index (χ0v) is 12.6. The minimum Gasteiger partial charge on any atom is -0.360 e. The van der Waals surface area contributed by atoms with Gasteiger partial charge in [-0.05, 0) is 32.4 Å². The van der Waals surface area contributed by atoms with Crippen molar-refractivity contribution < 1.29 is 0 Å². The molecule has 4 nitrogen and oxygen atoms in total. The largest absolute Gasteiger partial charge is 0.360 e. The van der Waals surface area contributed by atoms with E-state index in [2.05, 4.69) is 60.1 Å². The van der Waals surface area contributed by atoms with Crippen LogP contribution in [0.15, 0.2) is 18.3 Å². The van der Waals surface area contributed by atoms with E-state index in [4.69, 9.17) is 0 Å². The number of hydrogen-bond donors (Lipinski definition) is 1. The molecule has 19 heavy (non-hydrogen) atoms. The maximum atomic E-state index is 4.55. The topological polar surface area (TPSA) is 31.4 Å². The second-order valence-electron chi connectivity index (χ2n) is 5.57. The quantitative estimate of drug-likeness (QED) is 0.895. The summed E-state index contributed by atoms with van der Waals surface area (Å²) in [6, 6.07) is 5.50. The Hall–Kier alpha value is -1.13. The summed E-state index contributed by atoms with van der Waals surface area (Å²) in [5, 5.41) is 3.47. The predicted octanol–water partition coefficient (Wildman–Crippen LogP) is 1.72. The Balaban J connectivity index is 2.02. The molecule has 4 heteroatoms. The molecule has 1 aliphatic heterocycles. The van der Waals surface area contributed by atoms with Crippen molar-refractivity contribution in [1.82, 2.24) is 15.2 Å². The van der Waals surface area contributed by atoms with Crippen molar-refractivity contribution in [2.24, 2.45) is 0 Å². The molecule has 0 radical (unpaired) electrons. The van der Waals surface area contributed by atoms with Crippen LogP contribution in [0.25, 0.3) is 0 Å². The number of hydrogen-bond acceptors (Lipinski definition) is 4. The molecule has 2 rings (SSSR count). The third-order valence-corrected chi connectivity index (χ3v) is 4.05. The van der Waals surface area contributed by atoms with Crippen LogP contribution in [0.5, 0.6) is 0 Å². The van der Waals surface area contributed by atoms with Crippen molar-refractivity contribution >= 4 is 5.82 Å². The Morgan fingerprint density at radius 1 is 1.32 bits per heavy atom. The van der Waals surface area contributed by atoms with Gasteiger partial charge in [-0.3, -0.25) is 4.90 Å². The van der Waals surface area contributed by atoms with Gasteiger partial charge in [0.25, 0.3) is 0 Å². The Labute approximate surface area is 116 Å². The van der Waals surface area contributed by atoms with Gasteiger partial charge in [0, 0.05) is 51.5 Å². The lowest BCUT2D eigenvalue weighted by molar-refractivity contribution is 0.108. The molecule has 1 aliphatic rings. The molecule has 106 valence electrons. The van der Waals surface area contributed by atoms with Gasteiger partial charge in [-0.15, -0.1) is 0 Å². The highest BCUT2D eigenvalue weighted by Gasteiger charge is 2.24. The summed E-state index contributed by atoms with van der Waals surface area (Å²) in [6.07, 6.45) is 2.02. The predicted molar refractivity (Wildman–Crippen MR) is 80.5 cm³/mol. The van der Waals surface area contributed by atoms with Crippen molar-refractivity contribution in [3.8, 4) is 0 Å². The smallest absolute Gasteiger partial charge is 0.128 e. The normalized spacial score (nSPS) is 24.4. The monoisotopic (exact) mass is 262 g/mol. The molecule has 2 heterocycles. The zero-order valence-electron chi connectivity index (χ0n) is 12.6. The van der Waals surface area contributed by atoms with E-state index in [-0.39, 0.29) is 0 Å². The van der Waals surface area contributed by atoms with Crippen LogP contribution in [-0.4, -0.2) is 48.6 Å². The summed E-state index contributed by atoms with van der Waals surface area (Å²) in [5.74, 6) is 1.05. The highest BCUT2D eigenvalue weighted by molar-refractivity contribution is 5.37. The molecule has 0 aliphatic carbocycles. The second-order valence-corrected chi connectivity index (χ2v) is 5.57. The van der Waals surface area contributed by atoms with Gasteiger partial charge in [-0.25, -0.2) is 4.98 Å². The Morgan fingerprint density at radius 3 is 2.53 bits per heavy atom. The molecule has 0 unspecified atom stereocenters. The van der Waals surface area contributed by atoms with Gasteiger partial charge >= 0.3 is 0 Å². The molecule has 1 N–H and O–H groups in total. The van der Waals surface area contributed by atoms with E-state index in [1.807, 2.05) is 6.20 Å². The fourth-order valence-electron chi connectivity index (χ4n) is 2.59. The minimum atomic E-state index is 0.585. The molecule has 2 atom stereocenters. The zero-order chi connectivity index (χ0) is 13.8. The first-order valence-electron chi connectivity index (χ1n) is 7.24. The van der Waals surface area contributed by atoms with Crippen LogP contribution in [0, 0.1) is 0 Å². The molecule has 0 spiro atoms. The number of nitrogens with one attached hydrogen (secondary N) is 1. The molecule has 0 saturated carbocycles. The third kappa shape index (κ3) is 3.45. The maximum absolute atomic E-state index is 4.55. The minimum absolute atomic E-state index is 0.585. The molecular formula is C15H26N4. The number of pyridine rings is 1. The molecule has 0 amide bonds. The molecular weight excluding hydrogens is 236 g/mol. The summed E-state index contributed by atoms with van der Waals surface area (Å²) in [6.45, 7) is 10.8. The van der Waals surface area contributed by atoms with Crippen LogP contribution in [0.4, 0.5) is 5.82 Å². The van der Waals surface area contributed by atoms with Gasteiger partial charge in [0.15, 0.2) is 0 Å². The van der Waals surface area contributed by atoms with Crippen LogP contribution >= 0.6 is 0 Å². The Kier molecular flexibility index (Phi) is 4.77. The Bertz CT molecular complexity index is 380. The fraction of sp³-hybridized carbons (Fsp3) is 0.667. The summed E-state index contributed by atoms with van der Waals surface area (Å²) >= 11 is 0. The van der Waals surface area contributed by atoms with E-state index < -0.39 is 0 Å². The number of anilines is 1. The number of aromatic nitrogens is 1. The van der Waals surface area contributed by atoms with Gasteiger partial charge in [0.05, 0.1) is 0 Å². The Morgan fingerprint density at radius 2 is 2.00 bits per heavy atom. The van der Waals surface area contributed by atoms with Crippen molar-refractivity contribution in [3.63, 3.8) is 0 Å². The first kappa shape index (κ1) is 14.3. The molecule has 0 aromatic carbocycles. The fourth-order valence-corrected chi connectivity index (χ4v) is 2.59. The average molecular weight is 262 g/mol. The molecule has 1 fully saturated rings. The van der Waals surface area contributed by atoms with E-state index in [1.165, 1.54) is 5.56 Å². The van der Waals surface area contributed by atoms with Crippen molar-refractivity contribution in [2.75, 3.05) is 31.6 Å². The van der Waals surface area contributed by atoms with E-state index in [0.29, 0.717) is 12.1 Å². The van der Waals surface area contributed by atoms with Crippen LogP contribution in [0.2, 0.25) is 0 Å². The lowest BCUT2D eigenvalue weighted by Gasteiger charge is -2.39. The first-order chi connectivity index (χ1) is 9.11. The number of nitrogens with zero attached hydrogens (tertiary/aromatic N) is 3. The second kappa shape index (κ2) is 6.35. The number of rotatable bonds is 4. The van der Waals surface area contributed by atoms with Crippen molar-refractivity contribution in [3.05, 3.63) is 23.9 Å². The van der Waals surface area contributed by atoms with Crippen molar-refractivity contribution in [2.45, 2.75) is 39.4 Å². The van der Waals surface area contributed by atoms with Gasteiger partial charge in [0.2, 0.25) is 0 Å². The maximum Gasteiger partial charge on any atom is 0.128 e. The van der Waals surface area contributed by atoms with Crippen LogP contribution in [0.3, 0.4) is 0 Å². The van der Waals surface area contributed by atoms with E-state index in [0.717, 1.165) is 32.0 Å². The molecule has 0 bridgehead atoms. The van der Waals surface area contributed by atoms with E-state index in [1.54, 1.807) is 0 Å². The van der Waals surface area contributed by atoms with E-state index >= 15 is 0 Å². The summed E-state index contributed by atoms with van der Waals surface area (Å²) in [4.78, 5) is 9.25. The van der Waals surface area contributed by atoms with Gasteiger partial charge < -0.3 is 10.2 Å². The summed E-state index contributed by atoms with van der Waals surface area (Å²) in [5.41, 5.74) is 1.30. The summed E-state index contributed by atoms with van der Waals surface area (Å²) < 4.78 is 0. The highest BCUT2D eigenvalue weighted by atomic mass is 15.2.